The SMILES string of the molecule is COc1cc(COP(=O)(OC[C@H]2O[C@@H](n3cc(F)c(=O)[nH]c3=O)C[C@@H]2O)N(C)CCCCCl)c(OC)c2ccccc12. The number of unbranched alkanes of at least 4 members (excludes halogenated alkanes) is 1. The molecule has 42 heavy (non-hydrogen) atoms. The van der Waals surface area contributed by atoms with Crippen molar-refractivity contribution in [2.24, 2.45) is 0 Å². The van der Waals surface area contributed by atoms with Gasteiger partial charge in [-0.3, -0.25) is 23.4 Å². The predicted octanol–water partition coefficient (Wildman–Crippen LogP) is 3.79. The van der Waals surface area contributed by atoms with Crippen LogP contribution in [-0.4, -0.2) is 71.8 Å². The fraction of sp³-hybridized carbons (Fsp3) is 0.481. The molecule has 1 saturated heterocycles. The van der Waals surface area contributed by atoms with Crippen LogP contribution in [0.25, 0.3) is 10.8 Å². The van der Waals surface area contributed by atoms with Gasteiger partial charge in [-0.05, 0) is 26.0 Å². The Morgan fingerprint density at radius 3 is 2.62 bits per heavy atom. The van der Waals surface area contributed by atoms with Gasteiger partial charge in [0, 0.05) is 35.2 Å². The number of aromatic nitrogens is 2. The predicted molar refractivity (Wildman–Crippen MR) is 154 cm³/mol. The molecule has 1 unspecified atom stereocenters. The lowest BCUT2D eigenvalue weighted by Crippen LogP contribution is -2.34. The number of methoxy groups -OCH3 is 2. The summed E-state index contributed by atoms with van der Waals surface area (Å²) < 4.78 is 59.0. The first-order chi connectivity index (χ1) is 20.1. The van der Waals surface area contributed by atoms with Crippen molar-refractivity contribution in [3.05, 3.63) is 68.7 Å². The molecule has 0 amide bonds. The topological polar surface area (TPSA) is 142 Å². The lowest BCUT2D eigenvalue weighted by Gasteiger charge is -2.28. The molecule has 1 fully saturated rings. The van der Waals surface area contributed by atoms with E-state index < -0.39 is 43.2 Å². The molecular weight excluding hydrogens is 596 g/mol. The maximum Gasteiger partial charge on any atom is 0.408 e. The van der Waals surface area contributed by atoms with Gasteiger partial charge >= 0.3 is 13.4 Å². The van der Waals surface area contributed by atoms with Crippen LogP contribution in [0.15, 0.2) is 46.1 Å². The summed E-state index contributed by atoms with van der Waals surface area (Å²) in [6.45, 7) is -0.192. The lowest BCUT2D eigenvalue weighted by molar-refractivity contribution is -0.0457. The van der Waals surface area contributed by atoms with Gasteiger partial charge in [-0.1, -0.05) is 24.3 Å². The number of aliphatic hydroxyl groups is 1. The van der Waals surface area contributed by atoms with Gasteiger partial charge < -0.3 is 19.3 Å². The molecular formula is C27H34ClFN3O9P. The minimum atomic E-state index is -4.00. The number of halogens is 2. The first-order valence-corrected chi connectivity index (χ1v) is 15.3. The molecule has 0 bridgehead atoms. The maximum absolute atomic E-state index is 14.1. The molecule has 0 saturated carbocycles. The average Bonchev–Trinajstić information content (AvgIpc) is 3.36. The van der Waals surface area contributed by atoms with E-state index in [1.807, 2.05) is 29.2 Å². The van der Waals surface area contributed by atoms with Gasteiger partial charge in [0.05, 0.1) is 39.7 Å². The van der Waals surface area contributed by atoms with E-state index in [0.29, 0.717) is 48.5 Å². The molecule has 3 aromatic rings. The van der Waals surface area contributed by atoms with Gasteiger partial charge in [-0.2, -0.15) is 4.39 Å². The van der Waals surface area contributed by atoms with Crippen LogP contribution >= 0.6 is 19.3 Å². The lowest BCUT2D eigenvalue weighted by atomic mass is 10.0. The zero-order valence-corrected chi connectivity index (χ0v) is 25.1. The van der Waals surface area contributed by atoms with Gasteiger partial charge in [-0.15, -0.1) is 11.6 Å². The van der Waals surface area contributed by atoms with E-state index in [-0.39, 0.29) is 19.6 Å². The first kappa shape index (κ1) is 32.2. The summed E-state index contributed by atoms with van der Waals surface area (Å²) in [5, 5.41) is 12.2. The molecule has 1 aliphatic rings. The maximum atomic E-state index is 14.1. The first-order valence-electron chi connectivity index (χ1n) is 13.3. The summed E-state index contributed by atoms with van der Waals surface area (Å²) in [6, 6.07) is 9.27. The second kappa shape index (κ2) is 14.1. The van der Waals surface area contributed by atoms with Crippen LogP contribution in [0.1, 0.15) is 31.1 Å². The summed E-state index contributed by atoms with van der Waals surface area (Å²) in [5.74, 6) is 0.365. The summed E-state index contributed by atoms with van der Waals surface area (Å²) in [6.07, 6.45) is -1.33. The number of H-pyrrole nitrogens is 1. The molecule has 0 radical (unpaired) electrons. The van der Waals surface area contributed by atoms with Crippen LogP contribution in [0, 0.1) is 5.82 Å². The highest BCUT2D eigenvalue weighted by Crippen LogP contribution is 2.53. The quantitative estimate of drug-likeness (QED) is 0.154. The number of alkyl halides is 1. The van der Waals surface area contributed by atoms with Crippen LogP contribution < -0.4 is 20.7 Å². The second-order valence-corrected chi connectivity index (χ2v) is 12.2. The van der Waals surface area contributed by atoms with Gasteiger partial charge in [0.25, 0.3) is 5.56 Å². The van der Waals surface area contributed by atoms with Crippen molar-refractivity contribution in [1.82, 2.24) is 14.2 Å². The number of fused-ring (bicyclic) bond motifs is 1. The Bertz CT molecular complexity index is 1550. The van der Waals surface area contributed by atoms with E-state index >= 15 is 0 Å². The minimum absolute atomic E-state index is 0.0930. The Morgan fingerprint density at radius 2 is 1.93 bits per heavy atom. The standard InChI is InChI=1S/C27H34ClFN3O9P/c1-31(11-7-6-10-28)42(36,39-15-17-12-22(37-2)18-8-4-5-9-19(18)25(17)38-3)40-16-23-21(33)13-24(41-23)32-14-20(29)26(34)30-27(32)35/h4-5,8-9,12,14,21,23-24,33H,6-7,10-11,13,15-16H2,1-3H3,(H,30,34,35)/t21-,23+,24+,42?/m0/s1. The fourth-order valence-corrected chi connectivity index (χ4v) is 6.39. The molecule has 2 aromatic carbocycles. The van der Waals surface area contributed by atoms with E-state index in [9.17, 15) is 23.7 Å². The van der Waals surface area contributed by atoms with Crippen molar-refractivity contribution in [2.75, 3.05) is 40.3 Å². The number of benzene rings is 2. The number of hydrogen-bond acceptors (Lipinski definition) is 9. The van der Waals surface area contributed by atoms with Crippen LogP contribution in [0.4, 0.5) is 4.39 Å². The fourth-order valence-electron chi connectivity index (χ4n) is 4.71. The Kier molecular flexibility index (Phi) is 10.8. The van der Waals surface area contributed by atoms with Crippen molar-refractivity contribution in [2.45, 2.75) is 44.3 Å². The highest BCUT2D eigenvalue weighted by molar-refractivity contribution is 7.51. The number of nitrogens with one attached hydrogen (secondary N) is 1. The number of hydrogen-bond donors (Lipinski definition) is 2. The summed E-state index contributed by atoms with van der Waals surface area (Å²) >= 11 is 5.82. The van der Waals surface area contributed by atoms with E-state index in [1.165, 1.54) is 11.8 Å². The van der Waals surface area contributed by atoms with Gasteiger partial charge in [0.15, 0.2) is 0 Å². The Hall–Kier alpha value is -2.77. The molecule has 4 rings (SSSR count). The molecule has 2 heterocycles. The normalized spacial score (nSPS) is 20.2. The average molecular weight is 630 g/mol. The molecule has 230 valence electrons. The summed E-state index contributed by atoms with van der Waals surface area (Å²) in [4.78, 5) is 25.4. The third kappa shape index (κ3) is 7.05. The molecule has 0 spiro atoms. The molecule has 4 atom stereocenters. The van der Waals surface area contributed by atoms with E-state index in [0.717, 1.165) is 15.3 Å². The monoisotopic (exact) mass is 629 g/mol. The van der Waals surface area contributed by atoms with Crippen molar-refractivity contribution in [1.29, 1.82) is 0 Å². The van der Waals surface area contributed by atoms with E-state index in [1.54, 1.807) is 20.2 Å². The summed E-state index contributed by atoms with van der Waals surface area (Å²) in [5.41, 5.74) is -1.48. The highest BCUT2D eigenvalue weighted by Gasteiger charge is 2.39. The molecule has 1 aliphatic heterocycles. The number of aromatic amines is 1. The number of ether oxygens (including phenoxy) is 3. The van der Waals surface area contributed by atoms with Crippen molar-refractivity contribution in [3.8, 4) is 11.5 Å². The van der Waals surface area contributed by atoms with E-state index in [2.05, 4.69) is 0 Å². The number of aliphatic hydroxyl groups excluding tert-OH is 1. The van der Waals surface area contributed by atoms with Crippen molar-refractivity contribution in [3.63, 3.8) is 0 Å². The highest BCUT2D eigenvalue weighted by atomic mass is 35.5. The smallest absolute Gasteiger partial charge is 0.408 e. The van der Waals surface area contributed by atoms with E-state index in [4.69, 9.17) is 34.9 Å². The largest absolute Gasteiger partial charge is 0.496 e. The van der Waals surface area contributed by atoms with Crippen LogP contribution in [-0.2, 0) is 25.0 Å². The Morgan fingerprint density at radius 1 is 1.19 bits per heavy atom. The van der Waals surface area contributed by atoms with Crippen molar-refractivity contribution < 1.29 is 37.3 Å². The zero-order chi connectivity index (χ0) is 30.4. The molecule has 12 nitrogen and oxygen atoms in total. The third-order valence-electron chi connectivity index (χ3n) is 6.97. The Labute approximate surface area is 246 Å². The van der Waals surface area contributed by atoms with Crippen LogP contribution in [0.3, 0.4) is 0 Å². The molecule has 15 heteroatoms. The summed E-state index contributed by atoms with van der Waals surface area (Å²) in [7, 11) is 0.667. The molecule has 0 aliphatic carbocycles. The van der Waals surface area contributed by atoms with Gasteiger partial charge in [-0.25, -0.2) is 14.0 Å². The number of rotatable bonds is 14. The minimum Gasteiger partial charge on any atom is -0.496 e. The molecule has 2 N–H and O–H groups in total. The second-order valence-electron chi connectivity index (χ2n) is 9.71. The molecule has 1 aromatic heterocycles. The van der Waals surface area contributed by atoms with Crippen LogP contribution in [0.5, 0.6) is 11.5 Å². The van der Waals surface area contributed by atoms with Gasteiger partial charge in [0.2, 0.25) is 5.82 Å². The van der Waals surface area contributed by atoms with Crippen molar-refractivity contribution >= 4 is 30.1 Å². The van der Waals surface area contributed by atoms with Crippen LogP contribution in [0.2, 0.25) is 0 Å². The van der Waals surface area contributed by atoms with Gasteiger partial charge in [0.1, 0.15) is 23.8 Å². The third-order valence-corrected chi connectivity index (χ3v) is 9.20. The Balaban J connectivity index is 1.54. The zero-order valence-electron chi connectivity index (χ0n) is 23.5. The number of nitrogens with zero attached hydrogens (tertiary/aromatic N) is 2.